The third-order valence-electron chi connectivity index (χ3n) is 3.29. The van der Waals surface area contributed by atoms with Crippen LogP contribution in [0, 0.1) is 0 Å². The summed E-state index contributed by atoms with van der Waals surface area (Å²) in [5.74, 6) is 0. The molecule has 3 heteroatoms. The van der Waals surface area contributed by atoms with Gasteiger partial charge in [-0.2, -0.15) is 0 Å². The monoisotopic (exact) mass is 268 g/mol. The quantitative estimate of drug-likeness (QED) is 0.860. The summed E-state index contributed by atoms with van der Waals surface area (Å²) in [6.07, 6.45) is 0.894. The van der Waals surface area contributed by atoms with Crippen LogP contribution in [-0.2, 0) is 6.42 Å². The molecule has 0 aromatic heterocycles. The van der Waals surface area contributed by atoms with Crippen LogP contribution in [0.3, 0.4) is 0 Å². The Morgan fingerprint density at radius 2 is 1.70 bits per heavy atom. The number of hydrogen-bond acceptors (Lipinski definition) is 1. The zero-order valence-electron chi connectivity index (χ0n) is 11.9. The summed E-state index contributed by atoms with van der Waals surface area (Å²) >= 11 is 0. The van der Waals surface area contributed by atoms with Crippen molar-refractivity contribution in [3.05, 3.63) is 65.7 Å². The van der Waals surface area contributed by atoms with Gasteiger partial charge in [-0.1, -0.05) is 55.5 Å². The molecule has 1 unspecified atom stereocenters. The van der Waals surface area contributed by atoms with Crippen LogP contribution >= 0.6 is 0 Å². The van der Waals surface area contributed by atoms with E-state index in [0.29, 0.717) is 0 Å². The van der Waals surface area contributed by atoms with Gasteiger partial charge in [-0.15, -0.1) is 0 Å². The van der Waals surface area contributed by atoms with E-state index in [2.05, 4.69) is 17.6 Å². The molecule has 0 saturated carbocycles. The highest BCUT2D eigenvalue weighted by Crippen LogP contribution is 2.16. The predicted octanol–water partition coefficient (Wildman–Crippen LogP) is 4.13. The smallest absolute Gasteiger partial charge is 0.319 e. The molecule has 2 amide bonds. The molecule has 2 aromatic rings. The third-order valence-corrected chi connectivity index (χ3v) is 3.29. The molecule has 0 saturated heterocycles. The number of carbonyl (C=O) groups is 1. The van der Waals surface area contributed by atoms with E-state index in [1.54, 1.807) is 0 Å². The Hall–Kier alpha value is -2.29. The molecule has 0 fully saturated rings. The number of carbonyl (C=O) groups excluding carboxylic acids is 1. The van der Waals surface area contributed by atoms with Crippen LogP contribution in [0.2, 0.25) is 0 Å². The second kappa shape index (κ2) is 6.75. The molecule has 2 N–H and O–H groups in total. The van der Waals surface area contributed by atoms with Gasteiger partial charge in [0.2, 0.25) is 0 Å². The summed E-state index contributed by atoms with van der Waals surface area (Å²) in [6.45, 7) is 4.05. The minimum Gasteiger partial charge on any atom is -0.331 e. The largest absolute Gasteiger partial charge is 0.331 e. The number of aryl methyl sites for hydroxylation is 1. The number of anilines is 1. The number of nitrogens with one attached hydrogen (secondary N) is 2. The first-order chi connectivity index (χ1) is 9.70. The number of rotatable bonds is 4. The number of benzene rings is 2. The summed E-state index contributed by atoms with van der Waals surface area (Å²) in [4.78, 5) is 12.0. The number of amides is 2. The van der Waals surface area contributed by atoms with Gasteiger partial charge in [-0.3, -0.25) is 0 Å². The Bertz CT molecular complexity index is 566. The van der Waals surface area contributed by atoms with Gasteiger partial charge < -0.3 is 10.6 Å². The van der Waals surface area contributed by atoms with Gasteiger partial charge in [0.05, 0.1) is 6.04 Å². The lowest BCUT2D eigenvalue weighted by molar-refractivity contribution is 0.249. The van der Waals surface area contributed by atoms with Crippen LogP contribution < -0.4 is 10.6 Å². The first-order valence-electron chi connectivity index (χ1n) is 6.91. The molecule has 20 heavy (non-hydrogen) atoms. The first kappa shape index (κ1) is 14.1. The molecule has 0 heterocycles. The molecule has 3 nitrogen and oxygen atoms in total. The fourth-order valence-corrected chi connectivity index (χ4v) is 2.13. The molecule has 0 aliphatic rings. The molecular weight excluding hydrogens is 248 g/mol. The lowest BCUT2D eigenvalue weighted by atomic mass is 10.1. The molecule has 0 aliphatic heterocycles. The normalized spacial score (nSPS) is 11.7. The lowest BCUT2D eigenvalue weighted by Gasteiger charge is -2.16. The molecule has 2 rings (SSSR count). The average molecular weight is 268 g/mol. The van der Waals surface area contributed by atoms with Gasteiger partial charge >= 0.3 is 6.03 Å². The van der Waals surface area contributed by atoms with Gasteiger partial charge in [0.15, 0.2) is 0 Å². The highest BCUT2D eigenvalue weighted by molar-refractivity contribution is 5.90. The van der Waals surface area contributed by atoms with Gasteiger partial charge in [-0.25, -0.2) is 4.79 Å². The van der Waals surface area contributed by atoms with Crippen LogP contribution in [0.5, 0.6) is 0 Å². The van der Waals surface area contributed by atoms with E-state index in [4.69, 9.17) is 0 Å². The Morgan fingerprint density at radius 1 is 1.05 bits per heavy atom. The Morgan fingerprint density at radius 3 is 2.40 bits per heavy atom. The van der Waals surface area contributed by atoms with Crippen molar-refractivity contribution in [1.82, 2.24) is 5.32 Å². The maximum atomic E-state index is 12.0. The highest BCUT2D eigenvalue weighted by Gasteiger charge is 2.10. The fourth-order valence-electron chi connectivity index (χ4n) is 2.13. The van der Waals surface area contributed by atoms with Crippen LogP contribution in [-0.4, -0.2) is 6.03 Å². The second-order valence-corrected chi connectivity index (χ2v) is 4.74. The van der Waals surface area contributed by atoms with Crippen molar-refractivity contribution >= 4 is 11.7 Å². The summed E-state index contributed by atoms with van der Waals surface area (Å²) in [5.41, 5.74) is 3.09. The zero-order chi connectivity index (χ0) is 14.4. The minimum absolute atomic E-state index is 0.0232. The van der Waals surface area contributed by atoms with E-state index in [1.807, 2.05) is 61.5 Å². The fraction of sp³-hybridized carbons (Fsp3) is 0.235. The van der Waals surface area contributed by atoms with E-state index in [9.17, 15) is 4.79 Å². The second-order valence-electron chi connectivity index (χ2n) is 4.74. The molecule has 1 atom stereocenters. The Balaban J connectivity index is 1.99. The molecule has 0 spiro atoms. The van der Waals surface area contributed by atoms with E-state index in [0.717, 1.165) is 23.2 Å². The van der Waals surface area contributed by atoms with E-state index in [-0.39, 0.29) is 12.1 Å². The lowest BCUT2D eigenvalue weighted by Crippen LogP contribution is -2.31. The number of para-hydroxylation sites is 1. The molecule has 0 radical (unpaired) electrons. The third kappa shape index (κ3) is 3.60. The number of urea groups is 1. The maximum absolute atomic E-state index is 12.0. The molecule has 0 aliphatic carbocycles. The van der Waals surface area contributed by atoms with E-state index in [1.165, 1.54) is 0 Å². The summed E-state index contributed by atoms with van der Waals surface area (Å²) in [5, 5.41) is 5.86. The molecule has 2 aromatic carbocycles. The van der Waals surface area contributed by atoms with Crippen molar-refractivity contribution in [2.75, 3.05) is 5.32 Å². The Labute approximate surface area is 120 Å². The van der Waals surface area contributed by atoms with Crippen molar-refractivity contribution in [3.8, 4) is 0 Å². The van der Waals surface area contributed by atoms with Crippen LogP contribution in [0.25, 0.3) is 0 Å². The maximum Gasteiger partial charge on any atom is 0.319 e. The average Bonchev–Trinajstić information content (AvgIpc) is 2.48. The zero-order valence-corrected chi connectivity index (χ0v) is 11.9. The predicted molar refractivity (Wildman–Crippen MR) is 82.8 cm³/mol. The molecule has 0 bridgehead atoms. The van der Waals surface area contributed by atoms with Crippen molar-refractivity contribution in [1.29, 1.82) is 0 Å². The molecule has 104 valence electrons. The summed E-state index contributed by atoms with van der Waals surface area (Å²) < 4.78 is 0. The van der Waals surface area contributed by atoms with Crippen LogP contribution in [0.1, 0.15) is 31.0 Å². The number of hydrogen-bond donors (Lipinski definition) is 2. The summed E-state index contributed by atoms with van der Waals surface area (Å²) in [7, 11) is 0. The van der Waals surface area contributed by atoms with Crippen LogP contribution in [0.15, 0.2) is 54.6 Å². The van der Waals surface area contributed by atoms with Crippen molar-refractivity contribution in [2.24, 2.45) is 0 Å². The van der Waals surface area contributed by atoms with Gasteiger partial charge in [-0.05, 0) is 30.5 Å². The first-order valence-corrected chi connectivity index (χ1v) is 6.91. The van der Waals surface area contributed by atoms with Crippen molar-refractivity contribution in [3.63, 3.8) is 0 Å². The standard InChI is InChI=1S/C17H20N2O/c1-3-14-9-7-8-12-16(14)19-17(20)18-13(2)15-10-5-4-6-11-15/h4-13H,3H2,1-2H3,(H2,18,19,20). The van der Waals surface area contributed by atoms with Gasteiger partial charge in [0.25, 0.3) is 0 Å². The topological polar surface area (TPSA) is 41.1 Å². The van der Waals surface area contributed by atoms with Gasteiger partial charge in [0, 0.05) is 5.69 Å². The Kier molecular flexibility index (Phi) is 4.77. The van der Waals surface area contributed by atoms with E-state index >= 15 is 0 Å². The van der Waals surface area contributed by atoms with Crippen molar-refractivity contribution in [2.45, 2.75) is 26.3 Å². The SMILES string of the molecule is CCc1ccccc1NC(=O)NC(C)c1ccccc1. The van der Waals surface area contributed by atoms with E-state index < -0.39 is 0 Å². The molecular formula is C17H20N2O. The van der Waals surface area contributed by atoms with Crippen molar-refractivity contribution < 1.29 is 4.79 Å². The highest BCUT2D eigenvalue weighted by atomic mass is 16.2. The van der Waals surface area contributed by atoms with Gasteiger partial charge in [0.1, 0.15) is 0 Å². The van der Waals surface area contributed by atoms with Crippen LogP contribution in [0.4, 0.5) is 10.5 Å². The minimum atomic E-state index is -0.178. The summed E-state index contributed by atoms with van der Waals surface area (Å²) in [6, 6.07) is 17.6.